The van der Waals surface area contributed by atoms with Crippen LogP contribution < -0.4 is 15.4 Å². The largest absolute Gasteiger partial charge is 0.497 e. The molecule has 2 aliphatic rings. The topological polar surface area (TPSA) is 68.2 Å². The molecular formula is C21H25F3N4O2. The molecule has 2 heterocycles. The molecule has 2 atom stereocenters. The number of nitrogens with one attached hydrogen (secondary N) is 2. The minimum atomic E-state index is -4.49. The predicted octanol–water partition coefficient (Wildman–Crippen LogP) is 4.61. The summed E-state index contributed by atoms with van der Waals surface area (Å²) in [6.45, 7) is 0. The molecule has 0 bridgehead atoms. The van der Waals surface area contributed by atoms with Gasteiger partial charge in [0.05, 0.1) is 19.3 Å². The van der Waals surface area contributed by atoms with Gasteiger partial charge < -0.3 is 15.4 Å². The van der Waals surface area contributed by atoms with Gasteiger partial charge in [0.1, 0.15) is 17.1 Å². The number of ether oxygens (including phenoxy) is 1. The highest BCUT2D eigenvalue weighted by molar-refractivity contribution is 5.99. The van der Waals surface area contributed by atoms with E-state index in [0.717, 1.165) is 36.8 Å². The minimum Gasteiger partial charge on any atom is -0.497 e. The maximum Gasteiger partial charge on any atom is 0.410 e. The number of hydrogen-bond acceptors (Lipinski definition) is 4. The van der Waals surface area contributed by atoms with Crippen molar-refractivity contribution in [3.8, 4) is 5.75 Å². The van der Waals surface area contributed by atoms with E-state index in [9.17, 15) is 18.0 Å². The second-order valence-electron chi connectivity index (χ2n) is 7.93. The third kappa shape index (κ3) is 4.11. The van der Waals surface area contributed by atoms with E-state index in [4.69, 9.17) is 4.74 Å². The molecule has 0 radical (unpaired) electrons. The lowest BCUT2D eigenvalue weighted by Gasteiger charge is -2.34. The van der Waals surface area contributed by atoms with E-state index in [-0.39, 0.29) is 29.8 Å². The van der Waals surface area contributed by atoms with Gasteiger partial charge in [-0.3, -0.25) is 4.79 Å². The molecule has 2 aromatic rings. The number of methoxy groups -OCH3 is 1. The Labute approximate surface area is 172 Å². The number of carbonyl (C=O) groups excluding carboxylic acids is 1. The molecule has 2 N–H and O–H groups in total. The highest BCUT2D eigenvalue weighted by Crippen LogP contribution is 2.44. The van der Waals surface area contributed by atoms with Crippen molar-refractivity contribution in [3.63, 3.8) is 0 Å². The van der Waals surface area contributed by atoms with Gasteiger partial charge in [0.2, 0.25) is 0 Å². The Morgan fingerprint density at radius 2 is 2.03 bits per heavy atom. The number of hydrogen-bond donors (Lipinski definition) is 2. The first-order valence-electron chi connectivity index (χ1n) is 10.2. The van der Waals surface area contributed by atoms with E-state index >= 15 is 0 Å². The molecule has 4 rings (SSSR count). The van der Waals surface area contributed by atoms with Crippen LogP contribution in [-0.2, 0) is 0 Å². The molecule has 1 amide bonds. The number of aromatic nitrogens is 2. The minimum absolute atomic E-state index is 0.0537. The molecule has 9 heteroatoms. The Bertz CT molecular complexity index is 906. The second kappa shape index (κ2) is 8.20. The van der Waals surface area contributed by atoms with Crippen LogP contribution in [0, 0.1) is 0 Å². The smallest absolute Gasteiger partial charge is 0.410 e. The summed E-state index contributed by atoms with van der Waals surface area (Å²) in [4.78, 5) is 12.8. The highest BCUT2D eigenvalue weighted by Gasteiger charge is 2.47. The number of alkyl halides is 3. The lowest BCUT2D eigenvalue weighted by Crippen LogP contribution is -2.38. The molecule has 162 valence electrons. The van der Waals surface area contributed by atoms with Gasteiger partial charge in [-0.15, -0.1) is 0 Å². The summed E-state index contributed by atoms with van der Waals surface area (Å²) < 4.78 is 47.6. The van der Waals surface area contributed by atoms with Crippen molar-refractivity contribution in [1.29, 1.82) is 0 Å². The van der Waals surface area contributed by atoms with Crippen LogP contribution >= 0.6 is 0 Å². The Kier molecular flexibility index (Phi) is 5.62. The van der Waals surface area contributed by atoms with Crippen molar-refractivity contribution in [1.82, 2.24) is 15.1 Å². The van der Waals surface area contributed by atoms with Gasteiger partial charge in [-0.1, -0.05) is 31.4 Å². The molecule has 1 saturated carbocycles. The van der Waals surface area contributed by atoms with E-state index in [1.807, 2.05) is 0 Å². The first kappa shape index (κ1) is 20.6. The van der Waals surface area contributed by atoms with Crippen molar-refractivity contribution in [2.45, 2.75) is 62.8 Å². The number of nitrogens with zero attached hydrogens (tertiary/aromatic N) is 2. The summed E-state index contributed by atoms with van der Waals surface area (Å²) in [5.74, 6) is 0.278. The fraction of sp³-hybridized carbons (Fsp3) is 0.524. The number of fused-ring (bicyclic) bond motifs is 1. The number of carbonyl (C=O) groups is 1. The predicted molar refractivity (Wildman–Crippen MR) is 106 cm³/mol. The summed E-state index contributed by atoms with van der Waals surface area (Å²) in [7, 11) is 1.51. The summed E-state index contributed by atoms with van der Waals surface area (Å²) in [6, 6.07) is 4.54. The first-order chi connectivity index (χ1) is 14.4. The van der Waals surface area contributed by atoms with Crippen LogP contribution in [-0.4, -0.2) is 35.0 Å². The highest BCUT2D eigenvalue weighted by atomic mass is 19.4. The number of anilines is 1. The van der Waals surface area contributed by atoms with Crippen LogP contribution in [0.15, 0.2) is 30.5 Å². The number of amides is 1. The molecule has 1 fully saturated rings. The summed E-state index contributed by atoms with van der Waals surface area (Å²) in [5, 5.41) is 10.0. The van der Waals surface area contributed by atoms with Crippen LogP contribution in [0.5, 0.6) is 5.75 Å². The molecule has 1 aromatic heterocycles. The molecule has 6 nitrogen and oxygen atoms in total. The van der Waals surface area contributed by atoms with Crippen LogP contribution in [0.1, 0.15) is 66.5 Å². The first-order valence-corrected chi connectivity index (χ1v) is 10.2. The number of benzene rings is 1. The zero-order valence-corrected chi connectivity index (χ0v) is 16.7. The van der Waals surface area contributed by atoms with E-state index in [0.29, 0.717) is 11.3 Å². The maximum absolute atomic E-state index is 13.8. The zero-order chi connectivity index (χ0) is 21.3. The molecular weight excluding hydrogens is 397 g/mol. The fourth-order valence-electron chi connectivity index (χ4n) is 4.32. The second-order valence-corrected chi connectivity index (χ2v) is 7.93. The van der Waals surface area contributed by atoms with Crippen molar-refractivity contribution in [2.24, 2.45) is 0 Å². The Morgan fingerprint density at radius 1 is 1.27 bits per heavy atom. The summed E-state index contributed by atoms with van der Waals surface area (Å²) >= 11 is 0. The normalized spacial score (nSPS) is 22.1. The van der Waals surface area contributed by atoms with Gasteiger partial charge in [0.15, 0.2) is 6.04 Å². The molecule has 30 heavy (non-hydrogen) atoms. The lowest BCUT2D eigenvalue weighted by atomic mass is 9.95. The van der Waals surface area contributed by atoms with E-state index in [1.54, 1.807) is 24.3 Å². The van der Waals surface area contributed by atoms with E-state index in [2.05, 4.69) is 15.7 Å². The van der Waals surface area contributed by atoms with E-state index < -0.39 is 18.3 Å². The Hall–Kier alpha value is -2.71. The molecule has 0 saturated heterocycles. The van der Waals surface area contributed by atoms with Gasteiger partial charge in [-0.2, -0.15) is 18.3 Å². The number of rotatable bonds is 4. The quantitative estimate of drug-likeness (QED) is 0.755. The average Bonchev–Trinajstić information content (AvgIpc) is 3.17. The van der Waals surface area contributed by atoms with Gasteiger partial charge in [-0.05, 0) is 30.5 Å². The Balaban J connectivity index is 1.65. The third-order valence-corrected chi connectivity index (χ3v) is 5.92. The molecule has 1 aromatic carbocycles. The van der Waals surface area contributed by atoms with Gasteiger partial charge in [-0.25, -0.2) is 4.68 Å². The zero-order valence-electron chi connectivity index (χ0n) is 16.7. The third-order valence-electron chi connectivity index (χ3n) is 5.92. The molecule has 1 aliphatic heterocycles. The molecule has 1 aliphatic carbocycles. The monoisotopic (exact) mass is 422 g/mol. The maximum atomic E-state index is 13.8. The van der Waals surface area contributed by atoms with E-state index in [1.165, 1.54) is 13.3 Å². The molecule has 0 unspecified atom stereocenters. The van der Waals surface area contributed by atoms with Crippen LogP contribution in [0.25, 0.3) is 0 Å². The SMILES string of the molecule is COc1cccc([C@H]2C[C@H](C(F)(F)F)n3ncc(C(=O)NC4CCCCC4)c3N2)c1. The van der Waals surface area contributed by atoms with Crippen LogP contribution in [0.3, 0.4) is 0 Å². The molecule has 0 spiro atoms. The van der Waals surface area contributed by atoms with Crippen LogP contribution in [0.4, 0.5) is 19.0 Å². The van der Waals surface area contributed by atoms with Crippen molar-refractivity contribution >= 4 is 11.7 Å². The van der Waals surface area contributed by atoms with Gasteiger partial charge >= 0.3 is 6.18 Å². The summed E-state index contributed by atoms with van der Waals surface area (Å²) in [5.41, 5.74) is 0.803. The Morgan fingerprint density at radius 3 is 2.73 bits per heavy atom. The number of halogens is 3. The van der Waals surface area contributed by atoms with Crippen LogP contribution in [0.2, 0.25) is 0 Å². The van der Waals surface area contributed by atoms with Gasteiger partial charge in [0, 0.05) is 12.5 Å². The fourth-order valence-corrected chi connectivity index (χ4v) is 4.32. The summed E-state index contributed by atoms with van der Waals surface area (Å²) in [6.07, 6.45) is 1.53. The standard InChI is InChI=1S/C21H25F3N4O2/c1-30-15-9-5-6-13(10-15)17-11-18(21(22,23)24)28-19(27-17)16(12-25-28)20(29)26-14-7-3-2-4-8-14/h5-6,9-10,12,14,17-18,27H,2-4,7-8,11H2,1H3,(H,26,29)/t17-,18-/m1/s1. The lowest BCUT2D eigenvalue weighted by molar-refractivity contribution is -0.173. The van der Waals surface area contributed by atoms with Crippen molar-refractivity contribution in [2.75, 3.05) is 12.4 Å². The van der Waals surface area contributed by atoms with Crippen molar-refractivity contribution < 1.29 is 22.7 Å². The van der Waals surface area contributed by atoms with Gasteiger partial charge in [0.25, 0.3) is 5.91 Å². The van der Waals surface area contributed by atoms with Crippen molar-refractivity contribution in [3.05, 3.63) is 41.6 Å². The average molecular weight is 422 g/mol.